The van der Waals surface area contributed by atoms with Gasteiger partial charge in [0.25, 0.3) is 0 Å². The number of hydrogen-bond donors (Lipinski definition) is 1. The van der Waals surface area contributed by atoms with Crippen LogP contribution in [0.1, 0.15) is 24.0 Å². The van der Waals surface area contributed by atoms with Gasteiger partial charge in [0.2, 0.25) is 17.8 Å². The van der Waals surface area contributed by atoms with E-state index in [4.69, 9.17) is 0 Å². The third kappa shape index (κ3) is 3.09. The molecule has 4 rings (SSSR count). The van der Waals surface area contributed by atoms with E-state index in [1.54, 1.807) is 16.7 Å². The van der Waals surface area contributed by atoms with E-state index in [1.807, 2.05) is 36.6 Å². The Bertz CT molecular complexity index is 878. The number of carbonyl (C=O) groups excluding carboxylic acids is 2. The fourth-order valence-electron chi connectivity index (χ4n) is 3.31. The van der Waals surface area contributed by atoms with Gasteiger partial charge in [-0.25, -0.2) is 0 Å². The second-order valence-electron chi connectivity index (χ2n) is 6.82. The normalized spacial score (nSPS) is 19.5. The summed E-state index contributed by atoms with van der Waals surface area (Å²) in [4.78, 5) is 26.8. The minimum absolute atomic E-state index is 0.0211. The average molecular weight is 371 g/mol. The molecule has 8 heteroatoms. The van der Waals surface area contributed by atoms with Gasteiger partial charge in [-0.05, 0) is 43.5 Å². The number of thioether (sulfide) groups is 1. The van der Waals surface area contributed by atoms with Crippen molar-refractivity contribution in [2.75, 3.05) is 22.5 Å². The molecule has 0 radical (unpaired) electrons. The number of nitrogens with zero attached hydrogens (tertiary/aromatic N) is 4. The van der Waals surface area contributed by atoms with E-state index in [0.717, 1.165) is 35.1 Å². The van der Waals surface area contributed by atoms with Crippen molar-refractivity contribution in [1.29, 1.82) is 0 Å². The fraction of sp³-hybridized carbons (Fsp3) is 0.444. The molecular weight excluding hydrogens is 350 g/mol. The molecule has 1 fully saturated rings. The van der Waals surface area contributed by atoms with Crippen molar-refractivity contribution in [3.63, 3.8) is 0 Å². The number of carbonyl (C=O) groups is 2. The van der Waals surface area contributed by atoms with Crippen LogP contribution in [0.2, 0.25) is 0 Å². The Hall–Kier alpha value is -2.35. The standard InChI is InChI=1S/C18H21N5O2S/c1-11-4-5-14(8-12(11)2)23-10-13(9-15(23)24)16(25)19-17-20-21-18-22(17)6-3-7-26-18/h4-5,8,13H,3,6-7,9-10H2,1-2H3,(H,19,20,25). The molecule has 2 amide bonds. The molecule has 2 aromatic rings. The largest absolute Gasteiger partial charge is 0.312 e. The van der Waals surface area contributed by atoms with Gasteiger partial charge in [0.1, 0.15) is 0 Å². The van der Waals surface area contributed by atoms with Crippen molar-refractivity contribution in [3.05, 3.63) is 29.3 Å². The average Bonchev–Trinajstić information content (AvgIpc) is 3.22. The van der Waals surface area contributed by atoms with Gasteiger partial charge in [-0.1, -0.05) is 17.8 Å². The van der Waals surface area contributed by atoms with E-state index < -0.39 is 0 Å². The predicted octanol–water partition coefficient (Wildman–Crippen LogP) is 2.38. The molecule has 1 unspecified atom stereocenters. The zero-order valence-electron chi connectivity index (χ0n) is 14.9. The Labute approximate surface area is 156 Å². The molecule has 0 spiro atoms. The lowest BCUT2D eigenvalue weighted by Crippen LogP contribution is -2.29. The molecule has 1 N–H and O–H groups in total. The molecule has 1 aromatic heterocycles. The molecule has 2 aliphatic rings. The highest BCUT2D eigenvalue weighted by Crippen LogP contribution is 2.29. The van der Waals surface area contributed by atoms with Crippen LogP contribution in [-0.4, -0.2) is 38.9 Å². The minimum Gasteiger partial charge on any atom is -0.312 e. The molecule has 3 heterocycles. The van der Waals surface area contributed by atoms with E-state index in [2.05, 4.69) is 15.5 Å². The van der Waals surface area contributed by atoms with Gasteiger partial charge in [-0.15, -0.1) is 10.2 Å². The van der Waals surface area contributed by atoms with Crippen LogP contribution < -0.4 is 10.2 Å². The molecule has 1 atom stereocenters. The van der Waals surface area contributed by atoms with Gasteiger partial charge >= 0.3 is 0 Å². The van der Waals surface area contributed by atoms with Gasteiger partial charge < -0.3 is 4.90 Å². The first kappa shape index (κ1) is 17.1. The number of hydrogen-bond acceptors (Lipinski definition) is 5. The molecule has 26 heavy (non-hydrogen) atoms. The van der Waals surface area contributed by atoms with Crippen molar-refractivity contribution in [3.8, 4) is 0 Å². The highest BCUT2D eigenvalue weighted by molar-refractivity contribution is 7.99. The summed E-state index contributed by atoms with van der Waals surface area (Å²) >= 11 is 1.65. The lowest BCUT2D eigenvalue weighted by Gasteiger charge is -2.18. The first-order valence-corrected chi connectivity index (χ1v) is 9.76. The summed E-state index contributed by atoms with van der Waals surface area (Å²) in [6, 6.07) is 5.94. The summed E-state index contributed by atoms with van der Waals surface area (Å²) in [7, 11) is 0. The van der Waals surface area contributed by atoms with Crippen LogP contribution in [0.25, 0.3) is 0 Å². The smallest absolute Gasteiger partial charge is 0.232 e. The maximum absolute atomic E-state index is 12.7. The van der Waals surface area contributed by atoms with Crippen LogP contribution in [0.4, 0.5) is 11.6 Å². The maximum atomic E-state index is 12.7. The summed E-state index contributed by atoms with van der Waals surface area (Å²) in [6.45, 7) is 5.26. The van der Waals surface area contributed by atoms with Crippen molar-refractivity contribution in [2.24, 2.45) is 5.92 Å². The van der Waals surface area contributed by atoms with Gasteiger partial charge in [0.15, 0.2) is 5.16 Å². The number of aromatic nitrogens is 3. The Morgan fingerprint density at radius 2 is 2.12 bits per heavy atom. The van der Waals surface area contributed by atoms with Crippen LogP contribution in [0.15, 0.2) is 23.4 Å². The molecule has 1 saturated heterocycles. The van der Waals surface area contributed by atoms with Crippen molar-refractivity contribution < 1.29 is 9.59 Å². The summed E-state index contributed by atoms with van der Waals surface area (Å²) < 4.78 is 1.93. The quantitative estimate of drug-likeness (QED) is 0.896. The summed E-state index contributed by atoms with van der Waals surface area (Å²) in [5.41, 5.74) is 3.17. The lowest BCUT2D eigenvalue weighted by atomic mass is 10.1. The fourth-order valence-corrected chi connectivity index (χ4v) is 4.20. The van der Waals surface area contributed by atoms with Gasteiger partial charge in [-0.2, -0.15) is 0 Å². The van der Waals surface area contributed by atoms with Gasteiger partial charge in [0, 0.05) is 31.0 Å². The van der Waals surface area contributed by atoms with Crippen molar-refractivity contribution in [2.45, 2.75) is 38.4 Å². The van der Waals surface area contributed by atoms with E-state index in [0.29, 0.717) is 12.5 Å². The zero-order chi connectivity index (χ0) is 18.3. The van der Waals surface area contributed by atoms with E-state index in [1.165, 1.54) is 5.56 Å². The second-order valence-corrected chi connectivity index (χ2v) is 7.89. The second kappa shape index (κ2) is 6.75. The number of amides is 2. The molecular formula is C18H21N5O2S. The van der Waals surface area contributed by atoms with Crippen LogP contribution in [-0.2, 0) is 16.1 Å². The molecule has 0 saturated carbocycles. The van der Waals surface area contributed by atoms with Crippen LogP contribution >= 0.6 is 11.8 Å². The molecule has 2 aliphatic heterocycles. The Morgan fingerprint density at radius 3 is 2.92 bits per heavy atom. The Kier molecular flexibility index (Phi) is 4.44. The number of benzene rings is 1. The maximum Gasteiger partial charge on any atom is 0.232 e. The van der Waals surface area contributed by atoms with Crippen LogP contribution in [0.5, 0.6) is 0 Å². The number of fused-ring (bicyclic) bond motifs is 1. The molecule has 0 aliphatic carbocycles. The Balaban J connectivity index is 1.47. The van der Waals surface area contributed by atoms with Crippen LogP contribution in [0, 0.1) is 19.8 Å². The molecule has 7 nitrogen and oxygen atoms in total. The number of aryl methyl sites for hydroxylation is 2. The van der Waals surface area contributed by atoms with Gasteiger partial charge in [0.05, 0.1) is 5.92 Å². The Morgan fingerprint density at radius 1 is 1.27 bits per heavy atom. The molecule has 1 aromatic carbocycles. The van der Waals surface area contributed by atoms with Crippen molar-refractivity contribution in [1.82, 2.24) is 14.8 Å². The van der Waals surface area contributed by atoms with Crippen molar-refractivity contribution >= 4 is 35.2 Å². The number of anilines is 2. The SMILES string of the molecule is Cc1ccc(N2CC(C(=O)Nc3nnc4n3CCCS4)CC2=O)cc1C. The summed E-state index contributed by atoms with van der Waals surface area (Å²) in [6.07, 6.45) is 1.25. The molecule has 136 valence electrons. The number of rotatable bonds is 3. The highest BCUT2D eigenvalue weighted by atomic mass is 32.2. The third-order valence-corrected chi connectivity index (χ3v) is 6.06. The monoisotopic (exact) mass is 371 g/mol. The third-order valence-electron chi connectivity index (χ3n) is 5.01. The lowest BCUT2D eigenvalue weighted by molar-refractivity contribution is -0.122. The topological polar surface area (TPSA) is 80.1 Å². The van der Waals surface area contributed by atoms with E-state index in [-0.39, 0.29) is 24.2 Å². The van der Waals surface area contributed by atoms with E-state index >= 15 is 0 Å². The summed E-state index contributed by atoms with van der Waals surface area (Å²) in [5, 5.41) is 11.9. The first-order chi connectivity index (χ1) is 12.5. The summed E-state index contributed by atoms with van der Waals surface area (Å²) in [5.74, 6) is 0.930. The molecule has 0 bridgehead atoms. The number of nitrogens with one attached hydrogen (secondary N) is 1. The zero-order valence-corrected chi connectivity index (χ0v) is 15.7. The minimum atomic E-state index is -0.381. The van der Waals surface area contributed by atoms with E-state index in [9.17, 15) is 9.59 Å². The predicted molar refractivity (Wildman–Crippen MR) is 100 cm³/mol. The van der Waals surface area contributed by atoms with Gasteiger partial charge in [-0.3, -0.25) is 19.5 Å². The van der Waals surface area contributed by atoms with Crippen LogP contribution in [0.3, 0.4) is 0 Å². The highest BCUT2D eigenvalue weighted by Gasteiger charge is 2.36. The first-order valence-electron chi connectivity index (χ1n) is 8.77.